The van der Waals surface area contributed by atoms with E-state index in [1.807, 2.05) is 0 Å². The van der Waals surface area contributed by atoms with E-state index in [1.54, 1.807) is 7.11 Å². The Kier molecular flexibility index (Phi) is 5.93. The van der Waals surface area contributed by atoms with Gasteiger partial charge in [0, 0.05) is 19.8 Å². The lowest BCUT2D eigenvalue weighted by Crippen LogP contribution is -2.25. The van der Waals surface area contributed by atoms with E-state index >= 15 is 0 Å². The fraction of sp³-hybridized carbons (Fsp3) is 1.00. The second-order valence-electron chi connectivity index (χ2n) is 2.08. The van der Waals surface area contributed by atoms with Crippen molar-refractivity contribution in [2.75, 3.05) is 20.3 Å². The molecule has 0 saturated heterocycles. The molecule has 3 N–H and O–H groups in total. The first-order valence-corrected chi connectivity index (χ1v) is 3.16. The SMILES string of the molecule is COCC(N)CCCO. The van der Waals surface area contributed by atoms with Crippen molar-refractivity contribution in [1.82, 2.24) is 0 Å². The third-order valence-corrected chi connectivity index (χ3v) is 1.11. The lowest BCUT2D eigenvalue weighted by molar-refractivity contribution is 0.171. The van der Waals surface area contributed by atoms with Crippen LogP contribution in [-0.2, 0) is 4.74 Å². The summed E-state index contributed by atoms with van der Waals surface area (Å²) < 4.78 is 4.79. The van der Waals surface area contributed by atoms with E-state index in [1.165, 1.54) is 0 Å². The zero-order chi connectivity index (χ0) is 7.11. The van der Waals surface area contributed by atoms with Gasteiger partial charge in [-0.1, -0.05) is 0 Å². The number of hydrogen-bond acceptors (Lipinski definition) is 3. The van der Waals surface area contributed by atoms with Gasteiger partial charge in [0.05, 0.1) is 6.61 Å². The van der Waals surface area contributed by atoms with Gasteiger partial charge in [-0.2, -0.15) is 0 Å². The van der Waals surface area contributed by atoms with E-state index in [9.17, 15) is 0 Å². The summed E-state index contributed by atoms with van der Waals surface area (Å²) in [6.07, 6.45) is 1.61. The summed E-state index contributed by atoms with van der Waals surface area (Å²) in [5, 5.41) is 8.39. The molecule has 3 nitrogen and oxygen atoms in total. The number of nitrogens with two attached hydrogens (primary N) is 1. The van der Waals surface area contributed by atoms with Gasteiger partial charge in [0.1, 0.15) is 0 Å². The van der Waals surface area contributed by atoms with Crippen LogP contribution in [0.4, 0.5) is 0 Å². The van der Waals surface area contributed by atoms with Crippen LogP contribution < -0.4 is 5.73 Å². The van der Waals surface area contributed by atoms with Crippen LogP contribution in [0.15, 0.2) is 0 Å². The van der Waals surface area contributed by atoms with Gasteiger partial charge in [0.15, 0.2) is 0 Å². The zero-order valence-electron chi connectivity index (χ0n) is 5.84. The zero-order valence-corrected chi connectivity index (χ0v) is 5.84. The Balaban J connectivity index is 2.95. The molecule has 3 heteroatoms. The minimum atomic E-state index is 0.0853. The third kappa shape index (κ3) is 5.76. The van der Waals surface area contributed by atoms with Crippen molar-refractivity contribution >= 4 is 0 Å². The average molecular weight is 133 g/mol. The Morgan fingerprint density at radius 2 is 2.33 bits per heavy atom. The Labute approximate surface area is 55.8 Å². The average Bonchev–Trinajstić information content (AvgIpc) is 1.85. The van der Waals surface area contributed by atoms with Gasteiger partial charge in [-0.25, -0.2) is 0 Å². The number of aliphatic hydroxyl groups excluding tert-OH is 1. The normalized spacial score (nSPS) is 13.7. The Hall–Kier alpha value is -0.120. The van der Waals surface area contributed by atoms with Crippen LogP contribution in [0.2, 0.25) is 0 Å². The van der Waals surface area contributed by atoms with E-state index < -0.39 is 0 Å². The van der Waals surface area contributed by atoms with Gasteiger partial charge in [-0.3, -0.25) is 0 Å². The summed E-state index contributed by atoms with van der Waals surface area (Å²) in [6.45, 7) is 0.803. The Morgan fingerprint density at radius 3 is 2.78 bits per heavy atom. The highest BCUT2D eigenvalue weighted by Gasteiger charge is 1.98. The smallest absolute Gasteiger partial charge is 0.0613 e. The topological polar surface area (TPSA) is 55.5 Å². The molecule has 0 aromatic rings. The van der Waals surface area contributed by atoms with Crippen LogP contribution >= 0.6 is 0 Å². The minimum Gasteiger partial charge on any atom is -0.396 e. The number of rotatable bonds is 5. The maximum Gasteiger partial charge on any atom is 0.0613 e. The van der Waals surface area contributed by atoms with Crippen LogP contribution in [0.1, 0.15) is 12.8 Å². The van der Waals surface area contributed by atoms with E-state index in [0.717, 1.165) is 12.8 Å². The molecule has 1 unspecified atom stereocenters. The summed E-state index contributed by atoms with van der Waals surface area (Å²) in [6, 6.07) is 0.0853. The fourth-order valence-corrected chi connectivity index (χ4v) is 0.651. The minimum absolute atomic E-state index is 0.0853. The third-order valence-electron chi connectivity index (χ3n) is 1.11. The highest BCUT2D eigenvalue weighted by molar-refractivity contribution is 4.58. The van der Waals surface area contributed by atoms with E-state index in [2.05, 4.69) is 0 Å². The number of hydrogen-bond donors (Lipinski definition) is 2. The molecule has 1 atom stereocenters. The summed E-state index contributed by atoms with van der Waals surface area (Å²) in [7, 11) is 1.62. The summed E-state index contributed by atoms with van der Waals surface area (Å²) >= 11 is 0. The molecule has 0 aliphatic rings. The maximum absolute atomic E-state index is 8.39. The van der Waals surface area contributed by atoms with Crippen molar-refractivity contribution in [3.63, 3.8) is 0 Å². The largest absolute Gasteiger partial charge is 0.396 e. The molecule has 0 aliphatic heterocycles. The van der Waals surface area contributed by atoms with E-state index in [0.29, 0.717) is 6.61 Å². The molecule has 0 rings (SSSR count). The van der Waals surface area contributed by atoms with Crippen LogP contribution in [0, 0.1) is 0 Å². The summed E-state index contributed by atoms with van der Waals surface area (Å²) in [5.41, 5.74) is 5.53. The molecule has 0 fully saturated rings. The van der Waals surface area contributed by atoms with Crippen molar-refractivity contribution in [3.05, 3.63) is 0 Å². The molecule has 56 valence electrons. The molecule has 0 aromatic heterocycles. The lowest BCUT2D eigenvalue weighted by Gasteiger charge is -2.07. The lowest BCUT2D eigenvalue weighted by atomic mass is 10.2. The van der Waals surface area contributed by atoms with Crippen molar-refractivity contribution in [3.8, 4) is 0 Å². The summed E-state index contributed by atoms with van der Waals surface area (Å²) in [4.78, 5) is 0. The van der Waals surface area contributed by atoms with Crippen molar-refractivity contribution in [1.29, 1.82) is 0 Å². The van der Waals surface area contributed by atoms with Crippen molar-refractivity contribution in [2.45, 2.75) is 18.9 Å². The molecule has 0 amide bonds. The summed E-state index contributed by atoms with van der Waals surface area (Å²) in [5.74, 6) is 0. The predicted octanol–water partition coefficient (Wildman–Crippen LogP) is -0.267. The van der Waals surface area contributed by atoms with Crippen molar-refractivity contribution < 1.29 is 9.84 Å². The number of aliphatic hydroxyl groups is 1. The van der Waals surface area contributed by atoms with Gasteiger partial charge in [-0.05, 0) is 12.8 Å². The first-order chi connectivity index (χ1) is 4.31. The quantitative estimate of drug-likeness (QED) is 0.543. The standard InChI is InChI=1S/C6H15NO2/c1-9-5-6(7)3-2-4-8/h6,8H,2-5,7H2,1H3. The second-order valence-corrected chi connectivity index (χ2v) is 2.08. The van der Waals surface area contributed by atoms with Gasteiger partial charge in [-0.15, -0.1) is 0 Å². The van der Waals surface area contributed by atoms with Gasteiger partial charge in [0.25, 0.3) is 0 Å². The van der Waals surface area contributed by atoms with Gasteiger partial charge >= 0.3 is 0 Å². The Morgan fingerprint density at radius 1 is 1.67 bits per heavy atom. The molecule has 0 radical (unpaired) electrons. The molecular weight excluding hydrogens is 118 g/mol. The van der Waals surface area contributed by atoms with E-state index in [-0.39, 0.29) is 12.6 Å². The number of ether oxygens (including phenoxy) is 1. The molecule has 0 spiro atoms. The van der Waals surface area contributed by atoms with Crippen LogP contribution in [0.25, 0.3) is 0 Å². The maximum atomic E-state index is 8.39. The van der Waals surface area contributed by atoms with Crippen LogP contribution in [0.5, 0.6) is 0 Å². The Bertz CT molecular complexity index is 59.0. The first-order valence-electron chi connectivity index (χ1n) is 3.16. The fourth-order valence-electron chi connectivity index (χ4n) is 0.651. The molecular formula is C6H15NO2. The predicted molar refractivity (Wildman–Crippen MR) is 36.2 cm³/mol. The molecule has 0 aliphatic carbocycles. The van der Waals surface area contributed by atoms with Gasteiger partial charge < -0.3 is 15.6 Å². The van der Waals surface area contributed by atoms with Crippen LogP contribution in [0.3, 0.4) is 0 Å². The highest BCUT2D eigenvalue weighted by atomic mass is 16.5. The number of methoxy groups -OCH3 is 1. The van der Waals surface area contributed by atoms with Crippen LogP contribution in [-0.4, -0.2) is 31.5 Å². The van der Waals surface area contributed by atoms with Crippen molar-refractivity contribution in [2.24, 2.45) is 5.73 Å². The molecule has 0 saturated carbocycles. The molecule has 0 aromatic carbocycles. The monoisotopic (exact) mass is 133 g/mol. The second kappa shape index (κ2) is 6.01. The molecule has 9 heavy (non-hydrogen) atoms. The highest BCUT2D eigenvalue weighted by Crippen LogP contribution is 1.92. The van der Waals surface area contributed by atoms with E-state index in [4.69, 9.17) is 15.6 Å². The first kappa shape index (κ1) is 8.88. The molecule has 0 heterocycles. The molecule has 0 bridgehead atoms. The van der Waals surface area contributed by atoms with Gasteiger partial charge in [0.2, 0.25) is 0 Å².